The average molecular weight is 431 g/mol. The largest absolute Gasteiger partial charge is 0.497 e. The first-order valence-electron chi connectivity index (χ1n) is 9.79. The fraction of sp³-hybridized carbons (Fsp3) is 0.318. The van der Waals surface area contributed by atoms with Crippen LogP contribution in [0.3, 0.4) is 0 Å². The fourth-order valence-corrected chi connectivity index (χ4v) is 3.65. The van der Waals surface area contributed by atoms with Crippen LogP contribution >= 0.6 is 0 Å². The molecular formula is C22H20F3N3O3. The number of carbonyl (C=O) groups is 1. The smallest absolute Gasteiger partial charge is 0.416 e. The Morgan fingerprint density at radius 1 is 1.19 bits per heavy atom. The summed E-state index contributed by atoms with van der Waals surface area (Å²) in [5.74, 6) is 0.854. The maximum atomic E-state index is 13.0. The summed E-state index contributed by atoms with van der Waals surface area (Å²) >= 11 is 0. The molecule has 1 aromatic heterocycles. The van der Waals surface area contributed by atoms with E-state index in [9.17, 15) is 18.0 Å². The van der Waals surface area contributed by atoms with Crippen LogP contribution in [0.1, 0.15) is 40.6 Å². The molecule has 1 amide bonds. The Morgan fingerprint density at radius 3 is 2.77 bits per heavy atom. The Balaban J connectivity index is 1.50. The van der Waals surface area contributed by atoms with E-state index in [1.165, 1.54) is 12.1 Å². The van der Waals surface area contributed by atoms with Crippen LogP contribution in [0.15, 0.2) is 53.1 Å². The zero-order valence-electron chi connectivity index (χ0n) is 16.7. The quantitative estimate of drug-likeness (QED) is 0.595. The number of ether oxygens (including phenoxy) is 1. The van der Waals surface area contributed by atoms with Gasteiger partial charge >= 0.3 is 6.18 Å². The molecule has 4 rings (SSSR count). The number of hydrogen-bond donors (Lipinski definition) is 0. The van der Waals surface area contributed by atoms with Crippen molar-refractivity contribution in [1.29, 1.82) is 0 Å². The third kappa shape index (κ3) is 4.55. The first-order chi connectivity index (χ1) is 14.8. The van der Waals surface area contributed by atoms with Crippen LogP contribution in [0, 0.1) is 0 Å². The lowest BCUT2D eigenvalue weighted by Gasteiger charge is -2.31. The lowest BCUT2D eigenvalue weighted by Crippen LogP contribution is -2.39. The van der Waals surface area contributed by atoms with Crippen molar-refractivity contribution in [2.45, 2.75) is 24.9 Å². The molecule has 2 heterocycles. The van der Waals surface area contributed by atoms with Gasteiger partial charge in [-0.15, -0.1) is 0 Å². The normalized spacial score (nSPS) is 16.9. The Morgan fingerprint density at radius 2 is 2.00 bits per heavy atom. The third-order valence-electron chi connectivity index (χ3n) is 5.26. The number of rotatable bonds is 4. The molecule has 3 aromatic rings. The van der Waals surface area contributed by atoms with Gasteiger partial charge in [0.05, 0.1) is 18.6 Å². The summed E-state index contributed by atoms with van der Waals surface area (Å²) in [4.78, 5) is 18.8. The maximum Gasteiger partial charge on any atom is 0.416 e. The van der Waals surface area contributed by atoms with E-state index in [1.807, 2.05) is 18.2 Å². The minimum Gasteiger partial charge on any atom is -0.497 e. The van der Waals surface area contributed by atoms with Crippen LogP contribution < -0.4 is 4.74 Å². The topological polar surface area (TPSA) is 68.5 Å². The molecule has 0 bridgehead atoms. The van der Waals surface area contributed by atoms with Gasteiger partial charge in [0.15, 0.2) is 0 Å². The Hall–Kier alpha value is -3.36. The first-order valence-corrected chi connectivity index (χ1v) is 9.79. The van der Waals surface area contributed by atoms with Gasteiger partial charge in [-0.1, -0.05) is 23.4 Å². The number of benzene rings is 2. The van der Waals surface area contributed by atoms with Crippen LogP contribution in [0.2, 0.25) is 0 Å². The second-order valence-corrected chi connectivity index (χ2v) is 7.36. The number of alkyl halides is 3. The zero-order chi connectivity index (χ0) is 22.0. The molecule has 2 aromatic carbocycles. The van der Waals surface area contributed by atoms with Crippen LogP contribution in [0.4, 0.5) is 13.2 Å². The molecule has 0 spiro atoms. The number of halogens is 3. The predicted molar refractivity (Wildman–Crippen MR) is 106 cm³/mol. The molecule has 6 nitrogen and oxygen atoms in total. The van der Waals surface area contributed by atoms with E-state index < -0.39 is 17.6 Å². The van der Waals surface area contributed by atoms with Gasteiger partial charge < -0.3 is 14.2 Å². The number of piperidine rings is 1. The second kappa shape index (κ2) is 8.41. The van der Waals surface area contributed by atoms with Gasteiger partial charge in [0.2, 0.25) is 11.7 Å². The lowest BCUT2D eigenvalue weighted by atomic mass is 9.97. The number of aromatic nitrogens is 2. The number of nitrogens with zero attached hydrogens (tertiary/aromatic N) is 3. The number of carbonyl (C=O) groups excluding carboxylic acids is 1. The summed E-state index contributed by atoms with van der Waals surface area (Å²) in [7, 11) is 1.57. The summed E-state index contributed by atoms with van der Waals surface area (Å²) in [6.45, 7) is 0.761. The van der Waals surface area contributed by atoms with E-state index in [1.54, 1.807) is 18.1 Å². The monoisotopic (exact) mass is 431 g/mol. The van der Waals surface area contributed by atoms with Crippen molar-refractivity contribution in [3.63, 3.8) is 0 Å². The van der Waals surface area contributed by atoms with Gasteiger partial charge in [0, 0.05) is 24.2 Å². The van der Waals surface area contributed by atoms with Crippen molar-refractivity contribution in [3.05, 3.63) is 65.5 Å². The highest BCUT2D eigenvalue weighted by Crippen LogP contribution is 2.32. The molecular weight excluding hydrogens is 411 g/mol. The highest BCUT2D eigenvalue weighted by Gasteiger charge is 2.33. The summed E-state index contributed by atoms with van der Waals surface area (Å²) < 4.78 is 49.6. The van der Waals surface area contributed by atoms with Gasteiger partial charge in [0.1, 0.15) is 5.75 Å². The van der Waals surface area contributed by atoms with Crippen molar-refractivity contribution >= 4 is 5.91 Å². The number of hydrogen-bond acceptors (Lipinski definition) is 5. The maximum absolute atomic E-state index is 13.0. The molecule has 1 aliphatic rings. The van der Waals surface area contributed by atoms with Crippen LogP contribution in [-0.2, 0) is 6.18 Å². The Labute approximate surface area is 176 Å². The Kier molecular flexibility index (Phi) is 5.67. The lowest BCUT2D eigenvalue weighted by molar-refractivity contribution is -0.137. The summed E-state index contributed by atoms with van der Waals surface area (Å²) in [6, 6.07) is 11.7. The third-order valence-corrected chi connectivity index (χ3v) is 5.26. The molecule has 162 valence electrons. The minimum absolute atomic E-state index is 0.0121. The van der Waals surface area contributed by atoms with E-state index in [0.29, 0.717) is 37.0 Å². The Bertz CT molecular complexity index is 1080. The van der Waals surface area contributed by atoms with Crippen molar-refractivity contribution in [1.82, 2.24) is 15.0 Å². The molecule has 1 aliphatic heterocycles. The summed E-state index contributed by atoms with van der Waals surface area (Å²) in [5, 5.41) is 4.03. The average Bonchev–Trinajstić information content (AvgIpc) is 3.29. The van der Waals surface area contributed by atoms with Crippen LogP contribution in [0.25, 0.3) is 11.4 Å². The molecule has 1 saturated heterocycles. The molecule has 0 aliphatic carbocycles. The summed E-state index contributed by atoms with van der Waals surface area (Å²) in [6.07, 6.45) is -3.07. The van der Waals surface area contributed by atoms with Crippen LogP contribution in [0.5, 0.6) is 5.75 Å². The SMILES string of the molecule is COc1cccc(-c2noc(C3CCCN(C(=O)c4cccc(C(F)(F)F)c4)C3)n2)c1. The standard InChI is InChI=1S/C22H20F3N3O3/c1-30-18-9-3-5-14(12-18)19-26-20(31-27-19)16-7-4-10-28(13-16)21(29)15-6-2-8-17(11-15)22(23,24)25/h2-3,5-6,8-9,11-12,16H,4,7,10,13H2,1H3. The van der Waals surface area contributed by atoms with Crippen molar-refractivity contribution in [2.75, 3.05) is 20.2 Å². The van der Waals surface area contributed by atoms with Gasteiger partial charge in [-0.05, 0) is 43.2 Å². The molecule has 0 radical (unpaired) electrons. The number of likely N-dealkylation sites (tertiary alicyclic amines) is 1. The number of methoxy groups -OCH3 is 1. The van der Waals surface area contributed by atoms with Gasteiger partial charge in [-0.3, -0.25) is 4.79 Å². The zero-order valence-corrected chi connectivity index (χ0v) is 16.7. The van der Waals surface area contributed by atoms with Crippen molar-refractivity contribution in [3.8, 4) is 17.1 Å². The van der Waals surface area contributed by atoms with E-state index >= 15 is 0 Å². The van der Waals surface area contributed by atoms with E-state index in [4.69, 9.17) is 9.26 Å². The number of amides is 1. The van der Waals surface area contributed by atoms with Crippen LogP contribution in [-0.4, -0.2) is 41.1 Å². The molecule has 9 heteroatoms. The molecule has 1 atom stereocenters. The summed E-state index contributed by atoms with van der Waals surface area (Å²) in [5.41, 5.74) is -0.0909. The van der Waals surface area contributed by atoms with E-state index in [2.05, 4.69) is 10.1 Å². The highest BCUT2D eigenvalue weighted by atomic mass is 19.4. The molecule has 1 fully saturated rings. The first kappa shape index (κ1) is 20.9. The second-order valence-electron chi connectivity index (χ2n) is 7.36. The predicted octanol–water partition coefficient (Wildman–Crippen LogP) is 4.78. The van der Waals surface area contributed by atoms with Gasteiger partial charge in [-0.2, -0.15) is 18.2 Å². The highest BCUT2D eigenvalue weighted by molar-refractivity contribution is 5.94. The van der Waals surface area contributed by atoms with Crippen molar-refractivity contribution in [2.24, 2.45) is 0 Å². The molecule has 0 N–H and O–H groups in total. The van der Waals surface area contributed by atoms with E-state index in [-0.39, 0.29) is 11.5 Å². The fourth-order valence-electron chi connectivity index (χ4n) is 3.65. The minimum atomic E-state index is -4.50. The molecule has 0 saturated carbocycles. The molecule has 31 heavy (non-hydrogen) atoms. The van der Waals surface area contributed by atoms with Gasteiger partial charge in [-0.25, -0.2) is 0 Å². The molecule has 1 unspecified atom stereocenters. The van der Waals surface area contributed by atoms with Crippen molar-refractivity contribution < 1.29 is 27.2 Å². The van der Waals surface area contributed by atoms with Gasteiger partial charge in [0.25, 0.3) is 5.91 Å². The van der Waals surface area contributed by atoms with E-state index in [0.717, 1.165) is 24.1 Å².